The molecule has 2 aromatic rings. The van der Waals surface area contributed by atoms with Crippen LogP contribution in [0.2, 0.25) is 0 Å². The molecular formula is C17H18O2S. The molecule has 0 aliphatic heterocycles. The van der Waals surface area contributed by atoms with Crippen molar-refractivity contribution in [2.45, 2.75) is 11.3 Å². The molecule has 0 saturated carbocycles. The van der Waals surface area contributed by atoms with E-state index in [0.29, 0.717) is 5.75 Å². The Hall–Kier alpha value is -1.87. The SMILES string of the molecule is COc1ccc(S(=O)CC=CCc2ccccc2)cc1. The van der Waals surface area contributed by atoms with Crippen LogP contribution >= 0.6 is 0 Å². The predicted molar refractivity (Wildman–Crippen MR) is 83.6 cm³/mol. The highest BCUT2D eigenvalue weighted by Crippen LogP contribution is 2.14. The lowest BCUT2D eigenvalue weighted by atomic mass is 10.1. The van der Waals surface area contributed by atoms with E-state index in [1.807, 2.05) is 48.5 Å². The third-order valence-corrected chi connectivity index (χ3v) is 4.23. The minimum Gasteiger partial charge on any atom is -0.497 e. The van der Waals surface area contributed by atoms with Gasteiger partial charge in [0.05, 0.1) is 17.9 Å². The fourth-order valence-corrected chi connectivity index (χ4v) is 2.76. The van der Waals surface area contributed by atoms with E-state index < -0.39 is 10.8 Å². The van der Waals surface area contributed by atoms with Gasteiger partial charge in [-0.25, -0.2) is 0 Å². The standard InChI is InChI=1S/C17H18O2S/c1-19-16-10-12-17(13-11-16)20(18)14-6-5-9-15-7-3-2-4-8-15/h2-8,10-13H,9,14H2,1H3. The van der Waals surface area contributed by atoms with Gasteiger partial charge in [-0.3, -0.25) is 4.21 Å². The number of allylic oxidation sites excluding steroid dienone is 1. The molecule has 0 aliphatic rings. The van der Waals surface area contributed by atoms with Crippen LogP contribution < -0.4 is 4.74 Å². The van der Waals surface area contributed by atoms with Gasteiger partial charge in [0.25, 0.3) is 0 Å². The Kier molecular flexibility index (Phi) is 5.56. The Labute approximate surface area is 122 Å². The van der Waals surface area contributed by atoms with E-state index in [1.165, 1.54) is 5.56 Å². The molecule has 0 fully saturated rings. The minimum atomic E-state index is -0.994. The quantitative estimate of drug-likeness (QED) is 0.758. The molecule has 3 heteroatoms. The molecule has 0 bridgehead atoms. The Bertz CT molecular complexity index is 574. The van der Waals surface area contributed by atoms with Crippen molar-refractivity contribution >= 4 is 10.8 Å². The van der Waals surface area contributed by atoms with Gasteiger partial charge in [0.2, 0.25) is 0 Å². The second-order valence-electron chi connectivity index (χ2n) is 4.35. The average molecular weight is 286 g/mol. The molecule has 0 saturated heterocycles. The summed E-state index contributed by atoms with van der Waals surface area (Å²) in [5.74, 6) is 1.32. The van der Waals surface area contributed by atoms with Crippen molar-refractivity contribution in [1.82, 2.24) is 0 Å². The molecule has 0 radical (unpaired) electrons. The lowest BCUT2D eigenvalue weighted by Gasteiger charge is -2.02. The zero-order chi connectivity index (χ0) is 14.2. The highest BCUT2D eigenvalue weighted by molar-refractivity contribution is 7.85. The van der Waals surface area contributed by atoms with Crippen molar-refractivity contribution in [3.05, 3.63) is 72.3 Å². The monoisotopic (exact) mass is 286 g/mol. The first-order valence-electron chi connectivity index (χ1n) is 6.51. The Morgan fingerprint density at radius 1 is 1.00 bits per heavy atom. The van der Waals surface area contributed by atoms with Crippen LogP contribution in [0.3, 0.4) is 0 Å². The molecule has 20 heavy (non-hydrogen) atoms. The van der Waals surface area contributed by atoms with Gasteiger partial charge in [0.15, 0.2) is 0 Å². The second-order valence-corrected chi connectivity index (χ2v) is 5.84. The third-order valence-electron chi connectivity index (χ3n) is 2.93. The van der Waals surface area contributed by atoms with Crippen molar-refractivity contribution in [3.63, 3.8) is 0 Å². The largest absolute Gasteiger partial charge is 0.497 e. The third kappa shape index (κ3) is 4.35. The summed E-state index contributed by atoms with van der Waals surface area (Å²) >= 11 is 0. The number of rotatable bonds is 6. The molecule has 0 heterocycles. The van der Waals surface area contributed by atoms with Gasteiger partial charge in [0, 0.05) is 10.6 Å². The fourth-order valence-electron chi connectivity index (χ4n) is 1.81. The minimum absolute atomic E-state index is 0.541. The van der Waals surface area contributed by atoms with E-state index in [1.54, 1.807) is 7.11 Å². The maximum absolute atomic E-state index is 12.1. The van der Waals surface area contributed by atoms with Crippen molar-refractivity contribution < 1.29 is 8.95 Å². The highest BCUT2D eigenvalue weighted by atomic mass is 32.2. The molecule has 0 aliphatic carbocycles. The van der Waals surface area contributed by atoms with Gasteiger partial charge >= 0.3 is 0 Å². The van der Waals surface area contributed by atoms with Gasteiger partial charge in [0.1, 0.15) is 5.75 Å². The zero-order valence-corrected chi connectivity index (χ0v) is 12.3. The molecule has 0 aromatic heterocycles. The first kappa shape index (κ1) is 14.5. The Morgan fingerprint density at radius 2 is 1.70 bits per heavy atom. The van der Waals surface area contributed by atoms with Crippen molar-refractivity contribution in [1.29, 1.82) is 0 Å². The topological polar surface area (TPSA) is 26.3 Å². The molecule has 0 spiro atoms. The molecule has 2 aromatic carbocycles. The van der Waals surface area contributed by atoms with Crippen LogP contribution in [0.4, 0.5) is 0 Å². The van der Waals surface area contributed by atoms with E-state index in [9.17, 15) is 4.21 Å². The Morgan fingerprint density at radius 3 is 2.35 bits per heavy atom. The van der Waals surface area contributed by atoms with Crippen molar-refractivity contribution in [2.75, 3.05) is 12.9 Å². The summed E-state index contributed by atoms with van der Waals surface area (Å²) in [6.45, 7) is 0. The first-order valence-corrected chi connectivity index (χ1v) is 7.83. The van der Waals surface area contributed by atoms with E-state index in [-0.39, 0.29) is 0 Å². The van der Waals surface area contributed by atoms with Crippen LogP contribution in [-0.4, -0.2) is 17.1 Å². The van der Waals surface area contributed by atoms with Crippen molar-refractivity contribution in [3.8, 4) is 5.75 Å². The first-order chi connectivity index (χ1) is 9.79. The molecule has 1 unspecified atom stereocenters. The summed E-state index contributed by atoms with van der Waals surface area (Å²) in [4.78, 5) is 0.829. The van der Waals surface area contributed by atoms with Crippen LogP contribution in [-0.2, 0) is 17.2 Å². The van der Waals surface area contributed by atoms with Crippen LogP contribution in [0.5, 0.6) is 5.75 Å². The summed E-state index contributed by atoms with van der Waals surface area (Å²) in [7, 11) is 0.629. The van der Waals surface area contributed by atoms with Crippen LogP contribution in [0, 0.1) is 0 Å². The molecule has 2 nitrogen and oxygen atoms in total. The Balaban J connectivity index is 1.85. The zero-order valence-electron chi connectivity index (χ0n) is 11.5. The molecule has 0 amide bonds. The van der Waals surface area contributed by atoms with E-state index in [4.69, 9.17) is 4.74 Å². The van der Waals surface area contributed by atoms with Gasteiger partial charge in [-0.2, -0.15) is 0 Å². The molecule has 0 N–H and O–H groups in total. The van der Waals surface area contributed by atoms with E-state index in [2.05, 4.69) is 18.2 Å². The number of hydrogen-bond acceptors (Lipinski definition) is 2. The molecule has 2 rings (SSSR count). The average Bonchev–Trinajstić information content (AvgIpc) is 2.52. The molecule has 1 atom stereocenters. The summed E-state index contributed by atoms with van der Waals surface area (Å²) < 4.78 is 17.2. The summed E-state index contributed by atoms with van der Waals surface area (Å²) in [6.07, 6.45) is 4.92. The second kappa shape index (κ2) is 7.65. The predicted octanol–water partition coefficient (Wildman–Crippen LogP) is 3.60. The summed E-state index contributed by atoms with van der Waals surface area (Å²) in [5, 5.41) is 0. The van der Waals surface area contributed by atoms with Crippen molar-refractivity contribution in [2.24, 2.45) is 0 Å². The summed E-state index contributed by atoms with van der Waals surface area (Å²) in [6, 6.07) is 17.6. The number of ether oxygens (including phenoxy) is 1. The van der Waals surface area contributed by atoms with Gasteiger partial charge in [-0.05, 0) is 36.2 Å². The van der Waals surface area contributed by atoms with E-state index >= 15 is 0 Å². The molecule has 104 valence electrons. The normalized spacial score (nSPS) is 12.4. The van der Waals surface area contributed by atoms with Crippen LogP contribution in [0.15, 0.2) is 71.6 Å². The van der Waals surface area contributed by atoms with Gasteiger partial charge < -0.3 is 4.74 Å². The maximum atomic E-state index is 12.1. The fraction of sp³-hybridized carbons (Fsp3) is 0.176. The maximum Gasteiger partial charge on any atom is 0.118 e. The highest BCUT2D eigenvalue weighted by Gasteiger charge is 2.01. The smallest absolute Gasteiger partial charge is 0.118 e. The lowest BCUT2D eigenvalue weighted by molar-refractivity contribution is 0.414. The van der Waals surface area contributed by atoms with Gasteiger partial charge in [-0.15, -0.1) is 0 Å². The van der Waals surface area contributed by atoms with E-state index in [0.717, 1.165) is 17.1 Å². The lowest BCUT2D eigenvalue weighted by Crippen LogP contribution is -1.95. The molecular weight excluding hydrogens is 268 g/mol. The summed E-state index contributed by atoms with van der Waals surface area (Å²) in [5.41, 5.74) is 1.26. The van der Waals surface area contributed by atoms with Crippen LogP contribution in [0.25, 0.3) is 0 Å². The number of methoxy groups -OCH3 is 1. The van der Waals surface area contributed by atoms with Gasteiger partial charge in [-0.1, -0.05) is 42.5 Å². The van der Waals surface area contributed by atoms with Crippen LogP contribution in [0.1, 0.15) is 5.56 Å². The number of hydrogen-bond donors (Lipinski definition) is 0. The number of benzene rings is 2.